The third-order valence-electron chi connectivity index (χ3n) is 12.4. The van der Waals surface area contributed by atoms with E-state index >= 15 is 0 Å². The highest BCUT2D eigenvalue weighted by Gasteiger charge is 2.56. The summed E-state index contributed by atoms with van der Waals surface area (Å²) in [6.45, 7) is 7.46. The van der Waals surface area contributed by atoms with Crippen molar-refractivity contribution in [3.63, 3.8) is 0 Å². The van der Waals surface area contributed by atoms with Gasteiger partial charge >= 0.3 is 0 Å². The van der Waals surface area contributed by atoms with Gasteiger partial charge in [0.25, 0.3) is 0 Å². The number of hydrogen-bond acceptors (Lipinski definition) is 2. The fourth-order valence-corrected chi connectivity index (χ4v) is 10.0. The molecule has 42 heavy (non-hydrogen) atoms. The van der Waals surface area contributed by atoms with Gasteiger partial charge in [-0.3, -0.25) is 4.90 Å². The van der Waals surface area contributed by atoms with Crippen molar-refractivity contribution in [2.45, 2.75) is 96.3 Å². The molecule has 0 aromatic heterocycles. The van der Waals surface area contributed by atoms with E-state index in [1.165, 1.54) is 49.8 Å². The van der Waals surface area contributed by atoms with E-state index in [9.17, 15) is 0 Å². The van der Waals surface area contributed by atoms with Crippen molar-refractivity contribution < 1.29 is 0 Å². The molecule has 0 radical (unpaired) electrons. The van der Waals surface area contributed by atoms with Crippen LogP contribution in [-0.4, -0.2) is 29.1 Å². The highest BCUT2D eigenvalue weighted by Crippen LogP contribution is 2.57. The van der Waals surface area contributed by atoms with Gasteiger partial charge in [0.2, 0.25) is 0 Å². The van der Waals surface area contributed by atoms with Crippen LogP contribution in [0.4, 0.5) is 0 Å². The molecule has 1 N–H and O–H groups in total. The van der Waals surface area contributed by atoms with Gasteiger partial charge in [0.05, 0.1) is 0 Å². The maximum absolute atomic E-state index is 3.94. The van der Waals surface area contributed by atoms with Crippen LogP contribution >= 0.6 is 0 Å². The first kappa shape index (κ1) is 26.8. The zero-order valence-corrected chi connectivity index (χ0v) is 25.8. The molecule has 0 spiro atoms. The van der Waals surface area contributed by atoms with Crippen molar-refractivity contribution in [2.24, 2.45) is 28.6 Å². The van der Waals surface area contributed by atoms with Crippen molar-refractivity contribution in [3.8, 4) is 0 Å². The van der Waals surface area contributed by atoms with Gasteiger partial charge in [-0.1, -0.05) is 106 Å². The summed E-state index contributed by atoms with van der Waals surface area (Å²) in [5.41, 5.74) is 8.21. The number of hydrogen-bond donors (Lipinski definition) is 1. The summed E-state index contributed by atoms with van der Waals surface area (Å²) in [6, 6.07) is 2.12. The lowest BCUT2D eigenvalue weighted by Gasteiger charge is -2.39. The third kappa shape index (κ3) is 4.15. The lowest BCUT2D eigenvalue weighted by Crippen LogP contribution is -2.46. The molecular formula is C40H48N2. The molecule has 2 heteroatoms. The summed E-state index contributed by atoms with van der Waals surface area (Å²) >= 11 is 0. The Morgan fingerprint density at radius 2 is 1.83 bits per heavy atom. The zero-order chi connectivity index (χ0) is 28.5. The lowest BCUT2D eigenvalue weighted by atomic mass is 9.65. The van der Waals surface area contributed by atoms with Crippen LogP contribution in [0.25, 0.3) is 0 Å². The van der Waals surface area contributed by atoms with Crippen molar-refractivity contribution in [3.05, 3.63) is 119 Å². The first-order chi connectivity index (χ1) is 20.4. The largest absolute Gasteiger partial charge is 0.382 e. The Hall–Kier alpha value is -2.84. The Bertz CT molecular complexity index is 1450. The summed E-state index contributed by atoms with van der Waals surface area (Å²) in [4.78, 5) is 2.90. The Balaban J connectivity index is 0.958. The summed E-state index contributed by atoms with van der Waals surface area (Å²) < 4.78 is 0. The first-order valence-corrected chi connectivity index (χ1v) is 16.9. The average Bonchev–Trinajstić information content (AvgIpc) is 3.42. The number of rotatable bonds is 4. The van der Waals surface area contributed by atoms with Gasteiger partial charge in [-0.05, 0) is 97.0 Å². The number of nitrogens with zero attached hydrogens (tertiary/aromatic N) is 1. The van der Waals surface area contributed by atoms with Crippen LogP contribution < -0.4 is 5.32 Å². The molecule has 1 fully saturated rings. The quantitative estimate of drug-likeness (QED) is 0.348. The van der Waals surface area contributed by atoms with Crippen molar-refractivity contribution in [2.75, 3.05) is 0 Å². The maximum atomic E-state index is 3.94. The minimum atomic E-state index is 0.213. The van der Waals surface area contributed by atoms with Crippen molar-refractivity contribution in [1.29, 1.82) is 0 Å². The summed E-state index contributed by atoms with van der Waals surface area (Å²) in [5, 5.41) is 3.94. The van der Waals surface area contributed by atoms with E-state index < -0.39 is 0 Å². The van der Waals surface area contributed by atoms with Crippen LogP contribution in [0, 0.1) is 28.6 Å². The molecule has 0 aromatic rings. The van der Waals surface area contributed by atoms with Gasteiger partial charge in [0.15, 0.2) is 0 Å². The molecule has 1 aliphatic heterocycles. The number of fused-ring (bicyclic) bond motifs is 5. The highest BCUT2D eigenvalue weighted by atomic mass is 15.3. The molecule has 218 valence electrons. The van der Waals surface area contributed by atoms with Gasteiger partial charge in [0, 0.05) is 41.2 Å². The molecule has 1 saturated heterocycles. The standard InChI is InChI=1S/C40H48N2/c1-39(2)34-14-8-7-13-32(34)33-22-21-30(26-35(33)39)41-29-19-16-27(17-20-29)28-18-23-37-36(25-28)40(3)24-10-9-15-38(40)42(37)31-11-5-4-6-12-31/h4-5,8-10,14-19,21-24,28-29,31,35-38,41H,6-7,11-13,20,25-26H2,1-3H3. The van der Waals surface area contributed by atoms with Gasteiger partial charge in [-0.25, -0.2) is 0 Å². The van der Waals surface area contributed by atoms with Gasteiger partial charge in [0.1, 0.15) is 0 Å². The minimum absolute atomic E-state index is 0.213. The Morgan fingerprint density at radius 1 is 0.905 bits per heavy atom. The molecule has 7 aliphatic carbocycles. The summed E-state index contributed by atoms with van der Waals surface area (Å²) in [7, 11) is 0. The molecule has 0 saturated carbocycles. The molecule has 8 atom stereocenters. The van der Waals surface area contributed by atoms with E-state index in [1.807, 2.05) is 0 Å². The summed E-state index contributed by atoms with van der Waals surface area (Å²) in [5.74, 6) is 1.78. The molecule has 2 nitrogen and oxygen atoms in total. The van der Waals surface area contributed by atoms with Gasteiger partial charge in [-0.15, -0.1) is 0 Å². The van der Waals surface area contributed by atoms with Crippen LogP contribution in [-0.2, 0) is 0 Å². The Labute approximate surface area is 253 Å². The predicted octanol–water partition coefficient (Wildman–Crippen LogP) is 8.83. The molecule has 8 unspecified atom stereocenters. The predicted molar refractivity (Wildman–Crippen MR) is 176 cm³/mol. The fourth-order valence-electron chi connectivity index (χ4n) is 10.0. The van der Waals surface area contributed by atoms with E-state index in [4.69, 9.17) is 0 Å². The monoisotopic (exact) mass is 556 g/mol. The van der Waals surface area contributed by atoms with E-state index in [-0.39, 0.29) is 10.8 Å². The molecule has 8 rings (SSSR count). The van der Waals surface area contributed by atoms with Crippen LogP contribution in [0.15, 0.2) is 119 Å². The topological polar surface area (TPSA) is 15.3 Å². The van der Waals surface area contributed by atoms with E-state index in [0.29, 0.717) is 41.9 Å². The van der Waals surface area contributed by atoms with Gasteiger partial charge in [-0.2, -0.15) is 0 Å². The highest BCUT2D eigenvalue weighted by molar-refractivity contribution is 5.56. The second-order valence-electron chi connectivity index (χ2n) is 14.9. The first-order valence-electron chi connectivity index (χ1n) is 16.9. The Kier molecular flexibility index (Phi) is 6.45. The van der Waals surface area contributed by atoms with E-state index in [1.54, 1.807) is 16.7 Å². The Morgan fingerprint density at radius 3 is 2.67 bits per heavy atom. The molecule has 0 amide bonds. The third-order valence-corrected chi connectivity index (χ3v) is 12.4. The molecule has 0 aromatic carbocycles. The minimum Gasteiger partial charge on any atom is -0.382 e. The average molecular weight is 557 g/mol. The van der Waals surface area contributed by atoms with Crippen LogP contribution in [0.2, 0.25) is 0 Å². The fraction of sp³-hybridized carbons (Fsp3) is 0.500. The van der Waals surface area contributed by atoms with Crippen molar-refractivity contribution in [1.82, 2.24) is 10.2 Å². The maximum Gasteiger partial charge on any atom is 0.0479 e. The smallest absolute Gasteiger partial charge is 0.0479 e. The van der Waals surface area contributed by atoms with E-state index in [2.05, 4.69) is 122 Å². The van der Waals surface area contributed by atoms with Crippen LogP contribution in [0.5, 0.6) is 0 Å². The molecule has 1 heterocycles. The molecule has 8 aliphatic rings. The molecule has 0 bridgehead atoms. The van der Waals surface area contributed by atoms with Crippen LogP contribution in [0.3, 0.4) is 0 Å². The molecular weight excluding hydrogens is 508 g/mol. The summed E-state index contributed by atoms with van der Waals surface area (Å²) in [6.07, 6.45) is 46.3. The number of likely N-dealkylation sites (tertiary alicyclic amines) is 1. The second kappa shape index (κ2) is 10.1. The zero-order valence-electron chi connectivity index (χ0n) is 25.8. The number of nitrogens with one attached hydrogen (secondary N) is 1. The SMILES string of the molecule is CC1(C)C2=C(CCC=C2)C2=CC=C(NC3C=CC(C4C=CC5C(C4)C4(C)C=CC=CC4N5C4CC=CCC4)=CC3)CC21. The lowest BCUT2D eigenvalue weighted by molar-refractivity contribution is 0.139. The number of allylic oxidation sites excluding steroid dienone is 14. The van der Waals surface area contributed by atoms with Crippen molar-refractivity contribution >= 4 is 0 Å². The normalized spacial score (nSPS) is 41.1. The van der Waals surface area contributed by atoms with E-state index in [0.717, 1.165) is 12.8 Å². The van der Waals surface area contributed by atoms with Crippen LogP contribution in [0.1, 0.15) is 72.1 Å². The second-order valence-corrected chi connectivity index (χ2v) is 14.9. The van der Waals surface area contributed by atoms with Gasteiger partial charge < -0.3 is 5.32 Å².